The molecule has 2 rings (SSSR count). The lowest BCUT2D eigenvalue weighted by molar-refractivity contribution is -0.114. The average molecular weight is 404 g/mol. The number of hydrogen-bond donors (Lipinski definition) is 3. The third kappa shape index (κ3) is 5.15. The van der Waals surface area contributed by atoms with Crippen molar-refractivity contribution in [1.29, 1.82) is 0 Å². The Balaban J connectivity index is 2.08. The molecule has 10 heteroatoms. The van der Waals surface area contributed by atoms with Gasteiger partial charge < -0.3 is 5.32 Å². The minimum absolute atomic E-state index is 0.0421. The Labute approximate surface area is 162 Å². The Hall–Kier alpha value is -3.24. The maximum atomic E-state index is 12.3. The van der Waals surface area contributed by atoms with Crippen LogP contribution in [0.25, 0.3) is 0 Å². The van der Waals surface area contributed by atoms with E-state index in [0.717, 1.165) is 4.31 Å². The fraction of sp³-hybridized carbons (Fsp3) is 0.167. The van der Waals surface area contributed by atoms with E-state index in [-0.39, 0.29) is 21.9 Å². The SMILES string of the molecule is CC(=O)Nc1cccc(C(=O)NNC(=O)c2cccc(S(=O)(=O)N(C)C)c2)c1. The maximum Gasteiger partial charge on any atom is 0.269 e. The van der Waals surface area contributed by atoms with Crippen LogP contribution in [0.2, 0.25) is 0 Å². The highest BCUT2D eigenvalue weighted by Crippen LogP contribution is 2.15. The summed E-state index contributed by atoms with van der Waals surface area (Å²) in [5.41, 5.74) is 5.20. The number of nitrogens with one attached hydrogen (secondary N) is 3. The van der Waals surface area contributed by atoms with E-state index in [1.165, 1.54) is 57.4 Å². The quantitative estimate of drug-likeness (QED) is 0.641. The van der Waals surface area contributed by atoms with E-state index in [2.05, 4.69) is 16.2 Å². The highest BCUT2D eigenvalue weighted by Gasteiger charge is 2.19. The van der Waals surface area contributed by atoms with Gasteiger partial charge in [-0.25, -0.2) is 12.7 Å². The molecule has 0 radical (unpaired) electrons. The second kappa shape index (κ2) is 8.63. The molecule has 0 aliphatic rings. The fourth-order valence-corrected chi connectivity index (χ4v) is 3.16. The molecule has 0 saturated carbocycles. The number of rotatable bonds is 5. The molecule has 0 fully saturated rings. The summed E-state index contributed by atoms with van der Waals surface area (Å²) in [6, 6.07) is 11.6. The van der Waals surface area contributed by atoms with Crippen LogP contribution in [0.4, 0.5) is 5.69 Å². The van der Waals surface area contributed by atoms with Gasteiger partial charge in [0.05, 0.1) is 4.90 Å². The topological polar surface area (TPSA) is 125 Å². The van der Waals surface area contributed by atoms with Crippen molar-refractivity contribution < 1.29 is 22.8 Å². The van der Waals surface area contributed by atoms with Crippen LogP contribution in [0, 0.1) is 0 Å². The summed E-state index contributed by atoms with van der Waals surface area (Å²) in [5.74, 6) is -1.56. The van der Waals surface area contributed by atoms with Crippen LogP contribution in [-0.4, -0.2) is 44.5 Å². The third-order valence-corrected chi connectivity index (χ3v) is 5.42. The number of sulfonamides is 1. The van der Waals surface area contributed by atoms with Crippen molar-refractivity contribution >= 4 is 33.4 Å². The zero-order valence-corrected chi connectivity index (χ0v) is 16.3. The van der Waals surface area contributed by atoms with E-state index in [1.54, 1.807) is 12.1 Å². The van der Waals surface area contributed by atoms with E-state index in [0.29, 0.717) is 5.69 Å². The first-order valence-corrected chi connectivity index (χ1v) is 9.56. The summed E-state index contributed by atoms with van der Waals surface area (Å²) in [7, 11) is -0.918. The molecule has 2 aromatic rings. The monoisotopic (exact) mass is 404 g/mol. The Bertz CT molecular complexity index is 1020. The van der Waals surface area contributed by atoms with Crippen LogP contribution in [0.15, 0.2) is 53.4 Å². The Kier molecular flexibility index (Phi) is 6.49. The molecule has 0 aliphatic heterocycles. The van der Waals surface area contributed by atoms with Gasteiger partial charge in [-0.15, -0.1) is 0 Å². The third-order valence-electron chi connectivity index (χ3n) is 3.61. The van der Waals surface area contributed by atoms with E-state index in [4.69, 9.17) is 0 Å². The van der Waals surface area contributed by atoms with Crippen molar-refractivity contribution in [3.05, 3.63) is 59.7 Å². The molecular formula is C18H20N4O5S. The van der Waals surface area contributed by atoms with E-state index < -0.39 is 21.8 Å². The van der Waals surface area contributed by atoms with Crippen LogP contribution >= 0.6 is 0 Å². The molecule has 2 aromatic carbocycles. The molecule has 148 valence electrons. The van der Waals surface area contributed by atoms with Crippen molar-refractivity contribution in [2.24, 2.45) is 0 Å². The van der Waals surface area contributed by atoms with Gasteiger partial charge in [-0.3, -0.25) is 25.2 Å². The molecule has 28 heavy (non-hydrogen) atoms. The number of carbonyl (C=O) groups is 3. The smallest absolute Gasteiger partial charge is 0.269 e. The summed E-state index contributed by atoms with van der Waals surface area (Å²) in [4.78, 5) is 35.5. The lowest BCUT2D eigenvalue weighted by atomic mass is 10.2. The van der Waals surface area contributed by atoms with Gasteiger partial charge in [0.25, 0.3) is 11.8 Å². The first-order valence-electron chi connectivity index (χ1n) is 8.12. The molecule has 0 saturated heterocycles. The van der Waals surface area contributed by atoms with Crippen molar-refractivity contribution in [2.75, 3.05) is 19.4 Å². The van der Waals surface area contributed by atoms with Gasteiger partial charge in [0.1, 0.15) is 0 Å². The minimum Gasteiger partial charge on any atom is -0.326 e. The summed E-state index contributed by atoms with van der Waals surface area (Å²) >= 11 is 0. The molecule has 9 nitrogen and oxygen atoms in total. The summed E-state index contributed by atoms with van der Waals surface area (Å²) in [6.45, 7) is 1.34. The van der Waals surface area contributed by atoms with Crippen molar-refractivity contribution in [3.63, 3.8) is 0 Å². The predicted octanol–water partition coefficient (Wildman–Crippen LogP) is 0.970. The largest absolute Gasteiger partial charge is 0.326 e. The molecular weight excluding hydrogens is 384 g/mol. The van der Waals surface area contributed by atoms with Crippen LogP contribution < -0.4 is 16.2 Å². The number of anilines is 1. The zero-order chi connectivity index (χ0) is 20.9. The first-order chi connectivity index (χ1) is 13.1. The number of hydrogen-bond acceptors (Lipinski definition) is 5. The Morgan fingerprint density at radius 3 is 1.93 bits per heavy atom. The number of nitrogens with zero attached hydrogens (tertiary/aromatic N) is 1. The molecule has 0 aromatic heterocycles. The maximum absolute atomic E-state index is 12.3. The van der Waals surface area contributed by atoms with Gasteiger partial charge in [-0.1, -0.05) is 12.1 Å². The molecule has 0 bridgehead atoms. The summed E-state index contributed by atoms with van der Waals surface area (Å²) in [5, 5.41) is 2.55. The first kappa shape index (κ1) is 21.1. The average Bonchev–Trinajstić information content (AvgIpc) is 2.65. The normalized spacial score (nSPS) is 11.0. The summed E-state index contributed by atoms with van der Waals surface area (Å²) < 4.78 is 25.4. The Morgan fingerprint density at radius 1 is 0.857 bits per heavy atom. The standard InChI is InChI=1S/C18H20N4O5S/c1-12(23)19-15-8-4-6-13(10-15)17(24)20-21-18(25)14-7-5-9-16(11-14)28(26,27)22(2)3/h4-11H,1-3H3,(H,19,23)(H,20,24)(H,21,25). The highest BCUT2D eigenvalue weighted by atomic mass is 32.2. The van der Waals surface area contributed by atoms with Crippen LogP contribution in [0.3, 0.4) is 0 Å². The Morgan fingerprint density at radius 2 is 1.39 bits per heavy atom. The second-order valence-electron chi connectivity index (χ2n) is 5.99. The summed E-state index contributed by atoms with van der Waals surface area (Å²) in [6.07, 6.45) is 0. The molecule has 0 aliphatic carbocycles. The zero-order valence-electron chi connectivity index (χ0n) is 15.5. The number of carbonyl (C=O) groups excluding carboxylic acids is 3. The highest BCUT2D eigenvalue weighted by molar-refractivity contribution is 7.89. The molecule has 0 heterocycles. The van der Waals surface area contributed by atoms with Crippen molar-refractivity contribution in [2.45, 2.75) is 11.8 Å². The minimum atomic E-state index is -3.69. The van der Waals surface area contributed by atoms with Gasteiger partial charge in [0, 0.05) is 37.8 Å². The number of hydrazine groups is 1. The molecule has 0 unspecified atom stereocenters. The van der Waals surface area contributed by atoms with Gasteiger partial charge in [-0.05, 0) is 36.4 Å². The predicted molar refractivity (Wildman–Crippen MR) is 103 cm³/mol. The van der Waals surface area contributed by atoms with E-state index in [1.807, 2.05) is 0 Å². The van der Waals surface area contributed by atoms with E-state index in [9.17, 15) is 22.8 Å². The molecule has 3 amide bonds. The van der Waals surface area contributed by atoms with Gasteiger partial charge in [-0.2, -0.15) is 0 Å². The number of amides is 3. The van der Waals surface area contributed by atoms with Crippen LogP contribution in [-0.2, 0) is 14.8 Å². The van der Waals surface area contributed by atoms with Crippen molar-refractivity contribution in [1.82, 2.24) is 15.2 Å². The van der Waals surface area contributed by atoms with Gasteiger partial charge in [0.15, 0.2) is 0 Å². The van der Waals surface area contributed by atoms with Crippen LogP contribution in [0.5, 0.6) is 0 Å². The second-order valence-corrected chi connectivity index (χ2v) is 8.14. The molecule has 0 spiro atoms. The molecule has 0 atom stereocenters. The lowest BCUT2D eigenvalue weighted by Crippen LogP contribution is -2.41. The van der Waals surface area contributed by atoms with E-state index >= 15 is 0 Å². The van der Waals surface area contributed by atoms with Crippen LogP contribution in [0.1, 0.15) is 27.6 Å². The van der Waals surface area contributed by atoms with Gasteiger partial charge in [0.2, 0.25) is 15.9 Å². The lowest BCUT2D eigenvalue weighted by Gasteiger charge is -2.12. The number of benzene rings is 2. The molecule has 3 N–H and O–H groups in total. The fourth-order valence-electron chi connectivity index (χ4n) is 2.21. The van der Waals surface area contributed by atoms with Gasteiger partial charge >= 0.3 is 0 Å². The van der Waals surface area contributed by atoms with Crippen molar-refractivity contribution in [3.8, 4) is 0 Å².